The lowest BCUT2D eigenvalue weighted by atomic mass is 10.1. The maximum Gasteiger partial charge on any atom is 0.258 e. The molecule has 25 heavy (non-hydrogen) atoms. The first-order valence-electron chi connectivity index (χ1n) is 8.21. The summed E-state index contributed by atoms with van der Waals surface area (Å²) in [6, 6.07) is 12.8. The molecule has 0 spiro atoms. The SMILES string of the molecule is CCc1ccc(C(C)NC(=O)COc2cc(C=O)ccc2OC)cc1. The molecule has 2 aromatic rings. The Kier molecular flexibility index (Phi) is 6.57. The standard InChI is InChI=1S/C20H23NO4/c1-4-15-5-8-17(9-6-15)14(2)21-20(23)13-25-19-11-16(12-22)7-10-18(19)24-3/h5-12,14H,4,13H2,1-3H3,(H,21,23). The van der Waals surface area contributed by atoms with Crippen LogP contribution in [0.3, 0.4) is 0 Å². The molecule has 5 nitrogen and oxygen atoms in total. The van der Waals surface area contributed by atoms with Crippen LogP contribution in [0.25, 0.3) is 0 Å². The zero-order chi connectivity index (χ0) is 18.2. The molecular weight excluding hydrogens is 318 g/mol. The van der Waals surface area contributed by atoms with Crippen molar-refractivity contribution in [3.8, 4) is 11.5 Å². The topological polar surface area (TPSA) is 64.6 Å². The van der Waals surface area contributed by atoms with Gasteiger partial charge in [-0.1, -0.05) is 31.2 Å². The molecule has 1 N–H and O–H groups in total. The van der Waals surface area contributed by atoms with Crippen LogP contribution >= 0.6 is 0 Å². The Morgan fingerprint density at radius 1 is 1.16 bits per heavy atom. The molecule has 0 saturated heterocycles. The number of methoxy groups -OCH3 is 1. The van der Waals surface area contributed by atoms with Crippen LogP contribution in [0, 0.1) is 0 Å². The van der Waals surface area contributed by atoms with E-state index in [0.29, 0.717) is 23.3 Å². The highest BCUT2D eigenvalue weighted by molar-refractivity contribution is 5.79. The summed E-state index contributed by atoms with van der Waals surface area (Å²) in [7, 11) is 1.50. The Labute approximate surface area is 148 Å². The molecule has 0 aliphatic carbocycles. The van der Waals surface area contributed by atoms with Crippen molar-refractivity contribution >= 4 is 12.2 Å². The number of carbonyl (C=O) groups is 2. The summed E-state index contributed by atoms with van der Waals surface area (Å²) in [5.74, 6) is 0.592. The first-order chi connectivity index (χ1) is 12.1. The summed E-state index contributed by atoms with van der Waals surface area (Å²) < 4.78 is 10.7. The zero-order valence-electron chi connectivity index (χ0n) is 14.7. The molecule has 0 aliphatic heterocycles. The molecule has 0 fully saturated rings. The van der Waals surface area contributed by atoms with Gasteiger partial charge in [-0.25, -0.2) is 0 Å². The molecule has 132 valence electrons. The normalized spacial score (nSPS) is 11.5. The van der Waals surface area contributed by atoms with Crippen LogP contribution in [0.5, 0.6) is 11.5 Å². The van der Waals surface area contributed by atoms with Crippen molar-refractivity contribution in [2.45, 2.75) is 26.3 Å². The Bertz CT molecular complexity index is 725. The third-order valence-corrected chi connectivity index (χ3v) is 3.95. The van der Waals surface area contributed by atoms with Gasteiger partial charge in [-0.15, -0.1) is 0 Å². The molecule has 1 amide bonds. The van der Waals surface area contributed by atoms with Gasteiger partial charge >= 0.3 is 0 Å². The van der Waals surface area contributed by atoms with Crippen molar-refractivity contribution in [3.05, 3.63) is 59.2 Å². The maximum absolute atomic E-state index is 12.1. The maximum atomic E-state index is 12.1. The van der Waals surface area contributed by atoms with E-state index < -0.39 is 0 Å². The molecule has 2 aromatic carbocycles. The molecular formula is C20H23NO4. The fourth-order valence-electron chi connectivity index (χ4n) is 2.43. The second-order valence-electron chi connectivity index (χ2n) is 5.70. The highest BCUT2D eigenvalue weighted by Gasteiger charge is 2.12. The molecule has 0 radical (unpaired) electrons. The average Bonchev–Trinajstić information content (AvgIpc) is 2.66. The predicted molar refractivity (Wildman–Crippen MR) is 96.3 cm³/mol. The van der Waals surface area contributed by atoms with Gasteiger partial charge in [0.1, 0.15) is 6.29 Å². The second-order valence-corrected chi connectivity index (χ2v) is 5.70. The Morgan fingerprint density at radius 2 is 1.88 bits per heavy atom. The van der Waals surface area contributed by atoms with Crippen LogP contribution in [0.1, 0.15) is 41.4 Å². The Morgan fingerprint density at radius 3 is 2.48 bits per heavy atom. The molecule has 2 rings (SSSR count). The van der Waals surface area contributed by atoms with E-state index in [-0.39, 0.29) is 18.6 Å². The van der Waals surface area contributed by atoms with Gasteiger partial charge in [0.25, 0.3) is 5.91 Å². The number of ether oxygens (including phenoxy) is 2. The fraction of sp³-hybridized carbons (Fsp3) is 0.300. The third-order valence-electron chi connectivity index (χ3n) is 3.95. The van der Waals surface area contributed by atoms with Gasteiger partial charge in [-0.3, -0.25) is 9.59 Å². The van der Waals surface area contributed by atoms with Gasteiger partial charge in [0.05, 0.1) is 13.2 Å². The van der Waals surface area contributed by atoms with Crippen molar-refractivity contribution in [3.63, 3.8) is 0 Å². The van der Waals surface area contributed by atoms with Crippen molar-refractivity contribution in [2.24, 2.45) is 0 Å². The van der Waals surface area contributed by atoms with Crippen molar-refractivity contribution < 1.29 is 19.1 Å². The summed E-state index contributed by atoms with van der Waals surface area (Å²) in [4.78, 5) is 23.0. The fourth-order valence-corrected chi connectivity index (χ4v) is 2.43. The molecule has 0 aliphatic rings. The van der Waals surface area contributed by atoms with Gasteiger partial charge in [-0.05, 0) is 42.7 Å². The number of amides is 1. The minimum absolute atomic E-state index is 0.120. The van der Waals surface area contributed by atoms with Gasteiger partial charge < -0.3 is 14.8 Å². The summed E-state index contributed by atoms with van der Waals surface area (Å²) in [6.45, 7) is 3.87. The summed E-state index contributed by atoms with van der Waals surface area (Å²) in [5, 5.41) is 2.90. The van der Waals surface area contributed by atoms with Crippen LogP contribution in [-0.2, 0) is 11.2 Å². The minimum atomic E-state index is -0.245. The van der Waals surface area contributed by atoms with Crippen LogP contribution in [-0.4, -0.2) is 25.9 Å². The highest BCUT2D eigenvalue weighted by atomic mass is 16.5. The van der Waals surface area contributed by atoms with Crippen LogP contribution in [0.4, 0.5) is 0 Å². The summed E-state index contributed by atoms with van der Waals surface area (Å²) >= 11 is 0. The first kappa shape index (κ1) is 18.5. The van der Waals surface area contributed by atoms with E-state index >= 15 is 0 Å². The number of hydrogen-bond donors (Lipinski definition) is 1. The van der Waals surface area contributed by atoms with E-state index in [1.54, 1.807) is 18.2 Å². The monoisotopic (exact) mass is 341 g/mol. The van der Waals surface area contributed by atoms with E-state index in [9.17, 15) is 9.59 Å². The number of hydrogen-bond acceptors (Lipinski definition) is 4. The number of rotatable bonds is 8. The van der Waals surface area contributed by atoms with Gasteiger partial charge in [-0.2, -0.15) is 0 Å². The van der Waals surface area contributed by atoms with Crippen molar-refractivity contribution in [1.29, 1.82) is 0 Å². The van der Waals surface area contributed by atoms with Crippen molar-refractivity contribution in [2.75, 3.05) is 13.7 Å². The summed E-state index contributed by atoms with van der Waals surface area (Å²) in [6.07, 6.45) is 1.70. The second kappa shape index (κ2) is 8.87. The minimum Gasteiger partial charge on any atom is -0.493 e. The smallest absolute Gasteiger partial charge is 0.258 e. The molecule has 0 bridgehead atoms. The zero-order valence-corrected chi connectivity index (χ0v) is 14.7. The number of carbonyl (C=O) groups excluding carboxylic acids is 2. The molecule has 0 saturated carbocycles. The quantitative estimate of drug-likeness (QED) is 0.748. The molecule has 1 atom stereocenters. The van der Waals surface area contributed by atoms with E-state index in [1.165, 1.54) is 12.7 Å². The van der Waals surface area contributed by atoms with E-state index in [1.807, 2.05) is 19.1 Å². The predicted octanol–water partition coefficient (Wildman–Crippen LogP) is 3.33. The average molecular weight is 341 g/mol. The molecule has 0 heterocycles. The molecule has 5 heteroatoms. The van der Waals surface area contributed by atoms with Gasteiger partial charge in [0, 0.05) is 5.56 Å². The summed E-state index contributed by atoms with van der Waals surface area (Å²) in [5.41, 5.74) is 2.75. The first-order valence-corrected chi connectivity index (χ1v) is 8.21. The lowest BCUT2D eigenvalue weighted by molar-refractivity contribution is -0.123. The lowest BCUT2D eigenvalue weighted by Gasteiger charge is -2.16. The number of aldehydes is 1. The van der Waals surface area contributed by atoms with E-state index in [4.69, 9.17) is 9.47 Å². The van der Waals surface area contributed by atoms with Crippen LogP contribution in [0.15, 0.2) is 42.5 Å². The van der Waals surface area contributed by atoms with E-state index in [0.717, 1.165) is 12.0 Å². The lowest BCUT2D eigenvalue weighted by Crippen LogP contribution is -2.31. The van der Waals surface area contributed by atoms with E-state index in [2.05, 4.69) is 24.4 Å². The number of nitrogens with one attached hydrogen (secondary N) is 1. The Balaban J connectivity index is 1.94. The number of benzene rings is 2. The Hall–Kier alpha value is -2.82. The molecule has 1 unspecified atom stereocenters. The van der Waals surface area contributed by atoms with Gasteiger partial charge in [0.2, 0.25) is 0 Å². The highest BCUT2D eigenvalue weighted by Crippen LogP contribution is 2.27. The van der Waals surface area contributed by atoms with Crippen molar-refractivity contribution in [1.82, 2.24) is 5.32 Å². The van der Waals surface area contributed by atoms with Crippen LogP contribution < -0.4 is 14.8 Å². The van der Waals surface area contributed by atoms with Gasteiger partial charge in [0.15, 0.2) is 18.1 Å². The number of aryl methyl sites for hydroxylation is 1. The van der Waals surface area contributed by atoms with Crippen LogP contribution in [0.2, 0.25) is 0 Å². The third kappa shape index (κ3) is 5.08. The molecule has 0 aromatic heterocycles. The largest absolute Gasteiger partial charge is 0.493 e.